The minimum Gasteiger partial charge on any atom is -0.483 e. The van der Waals surface area contributed by atoms with Crippen molar-refractivity contribution >= 4 is 43.2 Å². The van der Waals surface area contributed by atoms with Crippen LogP contribution in [0.2, 0.25) is 0 Å². The van der Waals surface area contributed by atoms with Crippen LogP contribution in [0.4, 0.5) is 11.4 Å². The van der Waals surface area contributed by atoms with E-state index < -0.39 is 10.0 Å². The van der Waals surface area contributed by atoms with Gasteiger partial charge in [0, 0.05) is 5.69 Å². The Balaban J connectivity index is 1.60. The minimum atomic E-state index is -3.74. The Labute approximate surface area is 197 Å². The molecule has 0 aliphatic carbocycles. The van der Waals surface area contributed by atoms with Crippen molar-refractivity contribution in [2.45, 2.75) is 32.1 Å². The van der Waals surface area contributed by atoms with Crippen LogP contribution in [0.15, 0.2) is 70.0 Å². The molecule has 0 atom stereocenters. The van der Waals surface area contributed by atoms with Crippen molar-refractivity contribution in [3.05, 3.63) is 81.8 Å². The molecule has 0 radical (unpaired) electrons. The minimum absolute atomic E-state index is 0.103. The summed E-state index contributed by atoms with van der Waals surface area (Å²) in [6.45, 7) is 5.69. The number of anilines is 2. The van der Waals surface area contributed by atoms with E-state index in [1.807, 2.05) is 44.2 Å². The van der Waals surface area contributed by atoms with Gasteiger partial charge in [0.25, 0.3) is 15.9 Å². The lowest BCUT2D eigenvalue weighted by molar-refractivity contribution is -0.118. The Hall–Kier alpha value is -2.84. The molecule has 3 aromatic rings. The zero-order valence-corrected chi connectivity index (χ0v) is 20.5. The zero-order chi connectivity index (χ0) is 23.3. The summed E-state index contributed by atoms with van der Waals surface area (Å²) >= 11 is 3.44. The summed E-state index contributed by atoms with van der Waals surface area (Å²) in [7, 11) is -3.74. The van der Waals surface area contributed by atoms with Gasteiger partial charge in [-0.25, -0.2) is 8.42 Å². The highest BCUT2D eigenvalue weighted by Gasteiger charge is 2.16. The number of carbonyl (C=O) groups is 1. The van der Waals surface area contributed by atoms with Gasteiger partial charge in [-0.05, 0) is 89.8 Å². The van der Waals surface area contributed by atoms with Crippen LogP contribution in [0.5, 0.6) is 5.75 Å². The first-order valence-corrected chi connectivity index (χ1v) is 12.4. The van der Waals surface area contributed by atoms with Gasteiger partial charge in [-0.3, -0.25) is 9.52 Å². The molecule has 2 N–H and O–H groups in total. The van der Waals surface area contributed by atoms with Crippen LogP contribution in [-0.4, -0.2) is 20.9 Å². The third-order valence-electron chi connectivity index (χ3n) is 4.84. The number of amides is 1. The van der Waals surface area contributed by atoms with Crippen LogP contribution in [0, 0.1) is 13.8 Å². The highest BCUT2D eigenvalue weighted by atomic mass is 79.9. The summed E-state index contributed by atoms with van der Waals surface area (Å²) in [6, 6.07) is 17.2. The molecule has 0 aliphatic heterocycles. The van der Waals surface area contributed by atoms with E-state index in [0.29, 0.717) is 17.1 Å². The summed E-state index contributed by atoms with van der Waals surface area (Å²) in [6.07, 6.45) is 0.908. The SMILES string of the molecule is CCc1ccc(OCC(=O)Nc2ccc(S(=O)(=O)Nc3ccc(C)cc3C)cc2)c(Br)c1. The molecule has 32 heavy (non-hydrogen) atoms. The highest BCUT2D eigenvalue weighted by Crippen LogP contribution is 2.26. The second-order valence-electron chi connectivity index (χ2n) is 7.40. The molecule has 0 saturated carbocycles. The summed E-state index contributed by atoms with van der Waals surface area (Å²) < 4.78 is 34.3. The fraction of sp³-hybridized carbons (Fsp3) is 0.208. The van der Waals surface area contributed by atoms with Gasteiger partial charge in [0.1, 0.15) is 5.75 Å². The Morgan fingerprint density at radius 2 is 1.72 bits per heavy atom. The number of halogens is 1. The van der Waals surface area contributed by atoms with Gasteiger partial charge in [0.2, 0.25) is 0 Å². The van der Waals surface area contributed by atoms with E-state index in [0.717, 1.165) is 27.6 Å². The fourth-order valence-electron chi connectivity index (χ4n) is 3.07. The van der Waals surface area contributed by atoms with Crippen molar-refractivity contribution in [1.29, 1.82) is 0 Å². The van der Waals surface area contributed by atoms with Crippen molar-refractivity contribution in [3.8, 4) is 5.75 Å². The standard InChI is InChI=1S/C24H25BrN2O4S/c1-4-18-6-12-23(21(25)14-18)31-15-24(28)26-19-7-9-20(10-8-19)32(29,30)27-22-11-5-16(2)13-17(22)3/h5-14,27H,4,15H2,1-3H3,(H,26,28). The number of hydrogen-bond acceptors (Lipinski definition) is 4. The number of sulfonamides is 1. The first-order valence-electron chi connectivity index (χ1n) is 10.1. The van der Waals surface area contributed by atoms with E-state index in [-0.39, 0.29) is 17.4 Å². The second-order valence-corrected chi connectivity index (χ2v) is 9.94. The Bertz CT molecular complexity index is 1230. The van der Waals surface area contributed by atoms with E-state index in [2.05, 4.69) is 32.9 Å². The van der Waals surface area contributed by atoms with Gasteiger partial charge >= 0.3 is 0 Å². The van der Waals surface area contributed by atoms with Crippen molar-refractivity contribution < 1.29 is 17.9 Å². The number of hydrogen-bond donors (Lipinski definition) is 2. The quantitative estimate of drug-likeness (QED) is 0.417. The number of aryl methyl sites for hydroxylation is 3. The lowest BCUT2D eigenvalue weighted by atomic mass is 10.1. The smallest absolute Gasteiger partial charge is 0.262 e. The zero-order valence-electron chi connectivity index (χ0n) is 18.1. The number of ether oxygens (including phenoxy) is 1. The molecule has 0 unspecified atom stereocenters. The molecule has 3 aromatic carbocycles. The summed E-state index contributed by atoms with van der Waals surface area (Å²) in [5.74, 6) is 0.233. The topological polar surface area (TPSA) is 84.5 Å². The van der Waals surface area contributed by atoms with Crippen LogP contribution in [0.1, 0.15) is 23.6 Å². The number of carbonyl (C=O) groups excluding carboxylic acids is 1. The molecular weight excluding hydrogens is 492 g/mol. The van der Waals surface area contributed by atoms with Crippen molar-refractivity contribution in [2.75, 3.05) is 16.6 Å². The summed E-state index contributed by atoms with van der Waals surface area (Å²) in [4.78, 5) is 12.3. The van der Waals surface area contributed by atoms with Gasteiger partial charge in [0.15, 0.2) is 6.61 Å². The molecule has 6 nitrogen and oxygen atoms in total. The molecule has 0 fully saturated rings. The first-order chi connectivity index (χ1) is 15.2. The molecule has 168 valence electrons. The van der Waals surface area contributed by atoms with Gasteiger partial charge < -0.3 is 10.1 Å². The Kier molecular flexibility index (Phi) is 7.58. The highest BCUT2D eigenvalue weighted by molar-refractivity contribution is 9.10. The first kappa shape index (κ1) is 23.8. The molecule has 0 bridgehead atoms. The maximum atomic E-state index is 12.7. The van der Waals surface area contributed by atoms with E-state index in [4.69, 9.17) is 4.74 Å². The summed E-state index contributed by atoms with van der Waals surface area (Å²) in [5.41, 5.74) is 4.07. The number of nitrogens with one attached hydrogen (secondary N) is 2. The lowest BCUT2D eigenvalue weighted by Gasteiger charge is -2.12. The number of benzene rings is 3. The Morgan fingerprint density at radius 1 is 1.00 bits per heavy atom. The average Bonchev–Trinajstić information content (AvgIpc) is 2.75. The molecule has 0 spiro atoms. The van der Waals surface area contributed by atoms with Gasteiger partial charge in [-0.2, -0.15) is 0 Å². The largest absolute Gasteiger partial charge is 0.483 e. The lowest BCUT2D eigenvalue weighted by Crippen LogP contribution is -2.20. The predicted octanol–water partition coefficient (Wildman–Crippen LogP) is 5.45. The molecule has 0 saturated heterocycles. The maximum absolute atomic E-state index is 12.7. The molecule has 8 heteroatoms. The summed E-state index contributed by atoms with van der Waals surface area (Å²) in [5, 5.41) is 2.70. The Morgan fingerprint density at radius 3 is 2.34 bits per heavy atom. The average molecular weight is 517 g/mol. The van der Waals surface area contributed by atoms with E-state index >= 15 is 0 Å². The van der Waals surface area contributed by atoms with Crippen LogP contribution in [0.25, 0.3) is 0 Å². The van der Waals surface area contributed by atoms with Crippen LogP contribution in [-0.2, 0) is 21.2 Å². The van der Waals surface area contributed by atoms with Crippen LogP contribution in [0.3, 0.4) is 0 Å². The van der Waals surface area contributed by atoms with Crippen molar-refractivity contribution in [1.82, 2.24) is 0 Å². The van der Waals surface area contributed by atoms with E-state index in [9.17, 15) is 13.2 Å². The molecule has 3 rings (SSSR count). The normalized spacial score (nSPS) is 11.1. The second kappa shape index (κ2) is 10.2. The van der Waals surface area contributed by atoms with E-state index in [1.54, 1.807) is 18.2 Å². The third kappa shape index (κ3) is 6.11. The monoisotopic (exact) mass is 516 g/mol. The number of rotatable bonds is 8. The van der Waals surface area contributed by atoms with Crippen molar-refractivity contribution in [3.63, 3.8) is 0 Å². The third-order valence-corrected chi connectivity index (χ3v) is 6.84. The molecule has 0 heterocycles. The maximum Gasteiger partial charge on any atom is 0.262 e. The van der Waals surface area contributed by atoms with Gasteiger partial charge in [-0.1, -0.05) is 30.7 Å². The molecule has 0 aliphatic rings. The van der Waals surface area contributed by atoms with Crippen LogP contribution >= 0.6 is 15.9 Å². The van der Waals surface area contributed by atoms with Crippen LogP contribution < -0.4 is 14.8 Å². The molecule has 0 aromatic heterocycles. The van der Waals surface area contributed by atoms with Gasteiger partial charge in [0.05, 0.1) is 15.1 Å². The predicted molar refractivity (Wildman–Crippen MR) is 131 cm³/mol. The molecular formula is C24H25BrN2O4S. The fourth-order valence-corrected chi connectivity index (χ4v) is 4.74. The van der Waals surface area contributed by atoms with Crippen molar-refractivity contribution in [2.24, 2.45) is 0 Å². The molecule has 1 amide bonds. The van der Waals surface area contributed by atoms with Gasteiger partial charge in [-0.15, -0.1) is 0 Å². The van der Waals surface area contributed by atoms with E-state index in [1.165, 1.54) is 12.1 Å².